The Morgan fingerprint density at radius 1 is 1.14 bits per heavy atom. The first-order chi connectivity index (χ1) is 6.56. The molecule has 1 rings (SSSR count). The molecule has 0 aromatic heterocycles. The second kappa shape index (κ2) is 8.08. The highest BCUT2D eigenvalue weighted by molar-refractivity contribution is 7.51. The third kappa shape index (κ3) is 11.7. The smallest absolute Gasteiger partial charge is 0.325 e. The normalized spacial score (nSPS) is 16.7. The van der Waals surface area contributed by atoms with Gasteiger partial charge in [0.25, 0.3) is 0 Å². The van der Waals surface area contributed by atoms with Gasteiger partial charge in [0.1, 0.15) is 6.29 Å². The first kappa shape index (κ1) is 13.7. The second-order valence-electron chi connectivity index (χ2n) is 2.57. The molecule has 14 heavy (non-hydrogen) atoms. The molecule has 0 saturated carbocycles. The maximum atomic E-state index is 9.93. The van der Waals surface area contributed by atoms with Crippen molar-refractivity contribution in [1.29, 1.82) is 0 Å². The van der Waals surface area contributed by atoms with Crippen molar-refractivity contribution in [3.8, 4) is 0 Å². The van der Waals surface area contributed by atoms with E-state index < -0.39 is 7.60 Å². The molecule has 7 heteroatoms. The van der Waals surface area contributed by atoms with Crippen molar-refractivity contribution in [2.75, 3.05) is 32.6 Å². The van der Waals surface area contributed by atoms with Crippen molar-refractivity contribution in [2.45, 2.75) is 6.42 Å². The fourth-order valence-corrected chi connectivity index (χ4v) is 1.10. The van der Waals surface area contributed by atoms with Crippen LogP contribution in [0.25, 0.3) is 0 Å². The number of carbonyl (C=O) groups is 1. The summed E-state index contributed by atoms with van der Waals surface area (Å²) in [5.74, 6) is 0. The zero-order valence-electron chi connectivity index (χ0n) is 7.79. The van der Waals surface area contributed by atoms with E-state index in [1.54, 1.807) is 0 Å². The quantitative estimate of drug-likeness (QED) is 0.510. The molecule has 1 fully saturated rings. The largest absolute Gasteiger partial charge is 0.377 e. The van der Waals surface area contributed by atoms with Crippen LogP contribution >= 0.6 is 7.60 Å². The Bertz CT molecular complexity index is 173. The summed E-state index contributed by atoms with van der Waals surface area (Å²) in [7, 11) is -3.91. The van der Waals surface area contributed by atoms with Gasteiger partial charge in [-0.2, -0.15) is 0 Å². The van der Waals surface area contributed by atoms with Crippen LogP contribution in [0, 0.1) is 0 Å². The minimum absolute atomic E-state index is 0.0652. The van der Waals surface area contributed by atoms with Gasteiger partial charge >= 0.3 is 7.60 Å². The lowest BCUT2D eigenvalue weighted by molar-refractivity contribution is -0.107. The molecular formula is C7H15O6P. The van der Waals surface area contributed by atoms with Crippen LogP contribution in [-0.4, -0.2) is 48.7 Å². The topological polar surface area (TPSA) is 93.1 Å². The van der Waals surface area contributed by atoms with E-state index in [4.69, 9.17) is 19.3 Å². The molecule has 0 aliphatic carbocycles. The van der Waals surface area contributed by atoms with Crippen molar-refractivity contribution < 1.29 is 28.6 Å². The average Bonchev–Trinajstić information content (AvgIpc) is 2.17. The summed E-state index contributed by atoms with van der Waals surface area (Å²) in [5.41, 5.74) is 0. The monoisotopic (exact) mass is 226 g/mol. The number of carbonyl (C=O) groups excluding carboxylic acids is 1. The average molecular weight is 226 g/mol. The molecule has 0 aromatic rings. The van der Waals surface area contributed by atoms with E-state index in [0.29, 0.717) is 6.29 Å². The van der Waals surface area contributed by atoms with E-state index in [1.165, 1.54) is 0 Å². The Morgan fingerprint density at radius 3 is 1.71 bits per heavy atom. The zero-order valence-corrected chi connectivity index (χ0v) is 8.69. The van der Waals surface area contributed by atoms with E-state index in [0.717, 1.165) is 26.4 Å². The molecule has 1 heterocycles. The summed E-state index contributed by atoms with van der Waals surface area (Å²) in [6, 6.07) is 0. The van der Waals surface area contributed by atoms with Gasteiger partial charge in [0.2, 0.25) is 0 Å². The van der Waals surface area contributed by atoms with Gasteiger partial charge in [-0.3, -0.25) is 4.57 Å². The molecule has 0 aromatic carbocycles. The van der Waals surface area contributed by atoms with Gasteiger partial charge < -0.3 is 24.1 Å². The molecule has 0 atom stereocenters. The summed E-state index contributed by atoms with van der Waals surface area (Å²) in [5, 5.41) is 0. The molecule has 0 unspecified atom stereocenters. The molecule has 1 saturated heterocycles. The van der Waals surface area contributed by atoms with Gasteiger partial charge in [0.05, 0.1) is 32.6 Å². The van der Waals surface area contributed by atoms with Crippen LogP contribution < -0.4 is 0 Å². The first-order valence-corrected chi connectivity index (χ1v) is 6.00. The zero-order chi connectivity index (χ0) is 10.9. The highest BCUT2D eigenvalue weighted by Crippen LogP contribution is 2.34. The summed E-state index contributed by atoms with van der Waals surface area (Å²) in [6.45, 7) is 3.11. The molecule has 6 nitrogen and oxygen atoms in total. The van der Waals surface area contributed by atoms with Crippen molar-refractivity contribution in [1.82, 2.24) is 0 Å². The van der Waals surface area contributed by atoms with Crippen LogP contribution in [-0.2, 0) is 18.8 Å². The Hall–Kier alpha value is -0.260. The van der Waals surface area contributed by atoms with E-state index in [2.05, 4.69) is 0 Å². The van der Waals surface area contributed by atoms with Gasteiger partial charge in [0, 0.05) is 6.42 Å². The van der Waals surface area contributed by atoms with Gasteiger partial charge in [-0.05, 0) is 0 Å². The van der Waals surface area contributed by atoms with Gasteiger partial charge in [-0.25, -0.2) is 0 Å². The Balaban J connectivity index is 0.000000249. The summed E-state index contributed by atoms with van der Waals surface area (Å²) in [4.78, 5) is 25.7. The maximum Gasteiger partial charge on any atom is 0.325 e. The van der Waals surface area contributed by atoms with Crippen LogP contribution in [0.15, 0.2) is 0 Å². The van der Waals surface area contributed by atoms with Crippen LogP contribution in [0.1, 0.15) is 6.42 Å². The molecule has 0 spiro atoms. The van der Waals surface area contributed by atoms with Crippen molar-refractivity contribution in [3.05, 3.63) is 0 Å². The molecule has 0 bridgehead atoms. The third-order valence-electron chi connectivity index (χ3n) is 1.28. The van der Waals surface area contributed by atoms with Gasteiger partial charge in [-0.1, -0.05) is 0 Å². The predicted octanol–water partition coefficient (Wildman–Crippen LogP) is -0.214. The molecule has 84 valence electrons. The molecule has 1 aliphatic rings. The highest BCUT2D eigenvalue weighted by atomic mass is 31.2. The van der Waals surface area contributed by atoms with E-state index in [1.807, 2.05) is 0 Å². The number of rotatable bonds is 3. The van der Waals surface area contributed by atoms with E-state index >= 15 is 0 Å². The van der Waals surface area contributed by atoms with Gasteiger partial charge in [-0.15, -0.1) is 0 Å². The lowest BCUT2D eigenvalue weighted by atomic mass is 10.6. The predicted molar refractivity (Wildman–Crippen MR) is 49.2 cm³/mol. The first-order valence-electron chi connectivity index (χ1n) is 4.20. The van der Waals surface area contributed by atoms with E-state index in [-0.39, 0.29) is 12.6 Å². The number of aldehydes is 1. The summed E-state index contributed by atoms with van der Waals surface area (Å²) in [6.07, 6.45) is 0.0832. The third-order valence-corrected chi connectivity index (χ3v) is 2.12. The lowest BCUT2D eigenvalue weighted by Crippen LogP contribution is -2.16. The fraction of sp³-hybridized carbons (Fsp3) is 0.857. The van der Waals surface area contributed by atoms with Crippen LogP contribution in [0.3, 0.4) is 0 Å². The van der Waals surface area contributed by atoms with Crippen LogP contribution in [0.4, 0.5) is 0 Å². The summed E-state index contributed by atoms with van der Waals surface area (Å²) < 4.78 is 19.8. The number of ether oxygens (including phenoxy) is 2. The minimum atomic E-state index is -3.91. The van der Waals surface area contributed by atoms with Gasteiger partial charge in [0.15, 0.2) is 0 Å². The minimum Gasteiger partial charge on any atom is -0.377 e. The van der Waals surface area contributed by atoms with Crippen molar-refractivity contribution >= 4 is 13.9 Å². The Kier molecular flexibility index (Phi) is 7.93. The van der Waals surface area contributed by atoms with E-state index in [9.17, 15) is 9.36 Å². The lowest BCUT2D eigenvalue weighted by Gasteiger charge is -2.09. The van der Waals surface area contributed by atoms with Crippen LogP contribution in [0.5, 0.6) is 0 Å². The van der Waals surface area contributed by atoms with Crippen molar-refractivity contribution in [2.24, 2.45) is 0 Å². The molecular weight excluding hydrogens is 211 g/mol. The number of hydrogen-bond acceptors (Lipinski definition) is 4. The molecule has 0 radical (unpaired) electrons. The second-order valence-corrected chi connectivity index (χ2v) is 4.34. The SMILES string of the molecule is C1COCCO1.O=CCCP(=O)(O)O. The molecule has 2 N–H and O–H groups in total. The van der Waals surface area contributed by atoms with Crippen LogP contribution in [0.2, 0.25) is 0 Å². The maximum absolute atomic E-state index is 9.93. The Labute approximate surface area is 82.4 Å². The molecule has 1 aliphatic heterocycles. The highest BCUT2D eigenvalue weighted by Gasteiger charge is 2.10. The summed E-state index contributed by atoms with van der Waals surface area (Å²) >= 11 is 0. The fourth-order valence-electron chi connectivity index (χ4n) is 0.661. The van der Waals surface area contributed by atoms with Crippen molar-refractivity contribution in [3.63, 3.8) is 0 Å². The number of hydrogen-bond donors (Lipinski definition) is 2. The standard InChI is InChI=1S/C4H8O2.C3H7O4P/c1-2-6-4-3-5-1;4-2-1-3-8(5,6)7/h1-4H2;2H,1,3H2,(H2,5,6,7). The molecule has 0 amide bonds. The Morgan fingerprint density at radius 2 is 1.57 bits per heavy atom.